The first-order valence-corrected chi connectivity index (χ1v) is 16.9. The molecule has 0 spiro atoms. The van der Waals surface area contributed by atoms with Crippen molar-refractivity contribution in [1.29, 1.82) is 0 Å². The Morgan fingerprint density at radius 2 is 1.38 bits per heavy atom. The summed E-state index contributed by atoms with van der Waals surface area (Å²) in [7, 11) is -4.22. The summed E-state index contributed by atoms with van der Waals surface area (Å²) in [5.74, 6) is -0.857. The maximum absolute atomic E-state index is 14.5. The highest BCUT2D eigenvalue weighted by molar-refractivity contribution is 7.92. The SMILES string of the molecule is CCC(C)NC(=O)C(Cc1ccccc1)N(Cc1ccc(Cl)cc1)C(=O)CN(c1ccccc1C)S(=O)(=O)c1ccc(Cl)cc1. The zero-order valence-corrected chi connectivity index (χ0v) is 27.8. The van der Waals surface area contributed by atoms with E-state index in [-0.39, 0.29) is 29.8 Å². The maximum atomic E-state index is 14.5. The maximum Gasteiger partial charge on any atom is 0.264 e. The third-order valence-corrected chi connectivity index (χ3v) is 9.88. The van der Waals surface area contributed by atoms with Crippen LogP contribution in [-0.4, -0.2) is 43.8 Å². The van der Waals surface area contributed by atoms with Gasteiger partial charge in [0.05, 0.1) is 10.6 Å². The van der Waals surface area contributed by atoms with Crippen molar-refractivity contribution >= 4 is 50.7 Å². The molecule has 2 amide bonds. The zero-order chi connectivity index (χ0) is 32.6. The molecular formula is C35H37Cl2N3O4S. The second-order valence-electron chi connectivity index (χ2n) is 10.9. The summed E-state index contributed by atoms with van der Waals surface area (Å²) in [6.45, 7) is 5.18. The summed E-state index contributed by atoms with van der Waals surface area (Å²) >= 11 is 12.2. The van der Waals surface area contributed by atoms with Gasteiger partial charge in [-0.1, -0.05) is 90.8 Å². The van der Waals surface area contributed by atoms with Crippen LogP contribution in [0, 0.1) is 6.92 Å². The number of carbonyl (C=O) groups excluding carboxylic acids is 2. The first kappa shape index (κ1) is 34.0. The Balaban J connectivity index is 1.81. The van der Waals surface area contributed by atoms with E-state index < -0.39 is 28.5 Å². The van der Waals surface area contributed by atoms with E-state index in [9.17, 15) is 18.0 Å². The Kier molecular flexibility index (Phi) is 11.7. The molecule has 2 atom stereocenters. The van der Waals surface area contributed by atoms with Gasteiger partial charge < -0.3 is 10.2 Å². The van der Waals surface area contributed by atoms with Crippen LogP contribution in [0.2, 0.25) is 10.0 Å². The lowest BCUT2D eigenvalue weighted by Gasteiger charge is -2.34. The molecule has 0 aliphatic heterocycles. The summed E-state index contributed by atoms with van der Waals surface area (Å²) in [5.41, 5.74) is 2.63. The standard InChI is InChI=1S/C35H37Cl2N3O4S/c1-4-26(3)38-35(42)33(22-27-11-6-5-7-12-27)39(23-28-14-16-29(36)17-15-28)34(41)24-40(32-13-9-8-10-25(32)2)45(43,44)31-20-18-30(37)19-21-31/h5-21,26,33H,4,22-24H2,1-3H3,(H,38,42). The number of carbonyl (C=O) groups is 2. The summed E-state index contributed by atoms with van der Waals surface area (Å²) in [6, 6.07) is 28.2. The normalized spacial score (nSPS) is 12.6. The van der Waals surface area contributed by atoms with Gasteiger partial charge in [0.1, 0.15) is 12.6 Å². The van der Waals surface area contributed by atoms with Crippen molar-refractivity contribution in [3.8, 4) is 0 Å². The molecule has 0 aliphatic rings. The van der Waals surface area contributed by atoms with E-state index in [0.717, 1.165) is 15.4 Å². The molecule has 2 unspecified atom stereocenters. The summed E-state index contributed by atoms with van der Waals surface area (Å²) < 4.78 is 29.4. The van der Waals surface area contributed by atoms with Crippen LogP contribution in [0.4, 0.5) is 5.69 Å². The van der Waals surface area contributed by atoms with Crippen LogP contribution in [-0.2, 0) is 32.6 Å². The molecule has 236 valence electrons. The summed E-state index contributed by atoms with van der Waals surface area (Å²) in [5, 5.41) is 3.96. The van der Waals surface area contributed by atoms with Gasteiger partial charge in [0.25, 0.3) is 10.0 Å². The fourth-order valence-electron chi connectivity index (χ4n) is 4.87. The number of amides is 2. The minimum atomic E-state index is -4.22. The average molecular weight is 667 g/mol. The topological polar surface area (TPSA) is 86.8 Å². The molecule has 7 nitrogen and oxygen atoms in total. The van der Waals surface area contributed by atoms with Crippen LogP contribution in [0.15, 0.2) is 108 Å². The molecule has 1 N–H and O–H groups in total. The Morgan fingerprint density at radius 1 is 0.800 bits per heavy atom. The molecule has 0 fully saturated rings. The van der Waals surface area contributed by atoms with Crippen molar-refractivity contribution in [2.24, 2.45) is 0 Å². The Labute approximate surface area is 275 Å². The van der Waals surface area contributed by atoms with Gasteiger partial charge in [0.15, 0.2) is 0 Å². The highest BCUT2D eigenvalue weighted by atomic mass is 35.5. The smallest absolute Gasteiger partial charge is 0.264 e. The molecule has 0 saturated carbocycles. The summed E-state index contributed by atoms with van der Waals surface area (Å²) in [4.78, 5) is 29.9. The van der Waals surface area contributed by atoms with Crippen LogP contribution < -0.4 is 9.62 Å². The lowest BCUT2D eigenvalue weighted by Crippen LogP contribution is -2.54. The molecule has 45 heavy (non-hydrogen) atoms. The second kappa shape index (κ2) is 15.4. The average Bonchev–Trinajstić information content (AvgIpc) is 3.03. The molecule has 0 saturated heterocycles. The van der Waals surface area contributed by atoms with Crippen molar-refractivity contribution in [3.63, 3.8) is 0 Å². The predicted molar refractivity (Wildman–Crippen MR) is 181 cm³/mol. The van der Waals surface area contributed by atoms with E-state index >= 15 is 0 Å². The number of hydrogen-bond acceptors (Lipinski definition) is 4. The van der Waals surface area contributed by atoms with E-state index in [4.69, 9.17) is 23.2 Å². The van der Waals surface area contributed by atoms with E-state index in [1.807, 2.05) is 44.2 Å². The third kappa shape index (κ3) is 8.87. The van der Waals surface area contributed by atoms with Crippen LogP contribution in [0.25, 0.3) is 0 Å². The van der Waals surface area contributed by atoms with Gasteiger partial charge in [0.2, 0.25) is 11.8 Å². The number of hydrogen-bond donors (Lipinski definition) is 1. The van der Waals surface area contributed by atoms with E-state index in [1.165, 1.54) is 29.2 Å². The van der Waals surface area contributed by atoms with Crippen LogP contribution >= 0.6 is 23.2 Å². The second-order valence-corrected chi connectivity index (χ2v) is 13.7. The Morgan fingerprint density at radius 3 is 1.98 bits per heavy atom. The van der Waals surface area contributed by atoms with Crippen LogP contribution in [0.3, 0.4) is 0 Å². The van der Waals surface area contributed by atoms with Crippen LogP contribution in [0.1, 0.15) is 37.0 Å². The number of anilines is 1. The van der Waals surface area contributed by atoms with Crippen LogP contribution in [0.5, 0.6) is 0 Å². The van der Waals surface area contributed by atoms with Crippen molar-refractivity contribution in [3.05, 3.63) is 130 Å². The molecule has 0 radical (unpaired) electrons. The lowest BCUT2D eigenvalue weighted by molar-refractivity contribution is -0.140. The Bertz CT molecular complexity index is 1700. The molecule has 4 aromatic carbocycles. The molecular weight excluding hydrogens is 629 g/mol. The number of sulfonamides is 1. The van der Waals surface area contributed by atoms with Crippen molar-refractivity contribution in [1.82, 2.24) is 10.2 Å². The molecule has 0 bridgehead atoms. The zero-order valence-electron chi connectivity index (χ0n) is 25.5. The summed E-state index contributed by atoms with van der Waals surface area (Å²) in [6.07, 6.45) is 0.937. The first-order valence-electron chi connectivity index (χ1n) is 14.7. The fraction of sp³-hybridized carbons (Fsp3) is 0.257. The number of halogens is 2. The number of para-hydroxylation sites is 1. The molecule has 4 aromatic rings. The Hall–Kier alpha value is -3.85. The van der Waals surface area contributed by atoms with Crippen molar-refractivity contribution < 1.29 is 18.0 Å². The predicted octanol–water partition coefficient (Wildman–Crippen LogP) is 7.05. The monoisotopic (exact) mass is 665 g/mol. The fourth-order valence-corrected chi connectivity index (χ4v) is 6.60. The van der Waals surface area contributed by atoms with E-state index in [2.05, 4.69) is 5.32 Å². The highest BCUT2D eigenvalue weighted by Crippen LogP contribution is 2.28. The molecule has 10 heteroatoms. The number of benzene rings is 4. The van der Waals surface area contributed by atoms with E-state index in [1.54, 1.807) is 55.5 Å². The molecule has 0 aliphatic carbocycles. The largest absolute Gasteiger partial charge is 0.352 e. The van der Waals surface area contributed by atoms with Crippen molar-refractivity contribution in [2.45, 2.75) is 57.1 Å². The molecule has 4 rings (SSSR count). The minimum absolute atomic E-state index is 0.0115. The van der Waals surface area contributed by atoms with Gasteiger partial charge in [-0.15, -0.1) is 0 Å². The lowest BCUT2D eigenvalue weighted by atomic mass is 10.0. The van der Waals surface area contributed by atoms with Crippen molar-refractivity contribution in [2.75, 3.05) is 10.8 Å². The number of nitrogens with one attached hydrogen (secondary N) is 1. The quantitative estimate of drug-likeness (QED) is 0.166. The van der Waals surface area contributed by atoms with Gasteiger partial charge in [-0.3, -0.25) is 13.9 Å². The molecule has 0 aromatic heterocycles. The minimum Gasteiger partial charge on any atom is -0.352 e. The number of nitrogens with zero attached hydrogens (tertiary/aromatic N) is 2. The number of rotatable bonds is 13. The molecule has 0 heterocycles. The third-order valence-electron chi connectivity index (χ3n) is 7.60. The van der Waals surface area contributed by atoms with Gasteiger partial charge in [-0.2, -0.15) is 0 Å². The highest BCUT2D eigenvalue weighted by Gasteiger charge is 2.35. The van der Waals surface area contributed by atoms with Gasteiger partial charge in [-0.25, -0.2) is 8.42 Å². The van der Waals surface area contributed by atoms with Gasteiger partial charge in [-0.05, 0) is 79.4 Å². The van der Waals surface area contributed by atoms with Gasteiger partial charge >= 0.3 is 0 Å². The van der Waals surface area contributed by atoms with Gasteiger partial charge in [0, 0.05) is 29.1 Å². The first-order chi connectivity index (χ1) is 21.5. The van der Waals surface area contributed by atoms with E-state index in [0.29, 0.717) is 27.7 Å². The number of aryl methyl sites for hydroxylation is 1.